The van der Waals surface area contributed by atoms with Crippen LogP contribution in [0.5, 0.6) is 0 Å². The van der Waals surface area contributed by atoms with Crippen LogP contribution in [0.2, 0.25) is 28.6 Å². The Morgan fingerprint density at radius 2 is 1.44 bits per heavy atom. The Morgan fingerprint density at radius 3 is 1.75 bits per heavy atom. The zero-order valence-corrected chi connectivity index (χ0v) is 15.5. The molecule has 1 radical (unpaired) electrons. The second-order valence-electron chi connectivity index (χ2n) is 6.52. The van der Waals surface area contributed by atoms with Crippen LogP contribution in [0.4, 0.5) is 0 Å². The van der Waals surface area contributed by atoms with Crippen LogP contribution < -0.4 is 0 Å². The average molecular weight is 354 g/mol. The first-order valence-electron chi connectivity index (χ1n) is 6.39. The molecule has 97 valence electrons. The van der Waals surface area contributed by atoms with E-state index in [1.54, 1.807) is 0 Å². The molecule has 0 spiro atoms. The summed E-state index contributed by atoms with van der Waals surface area (Å²) in [5, 5.41) is 0. The average Bonchev–Trinajstić information content (AvgIpc) is 1.98. The van der Waals surface area contributed by atoms with Gasteiger partial charge in [0.25, 0.3) is 0 Å². The molecule has 0 unspecified atom stereocenters. The van der Waals surface area contributed by atoms with Crippen molar-refractivity contribution < 1.29 is 0 Å². The molecular weight excluding hydrogens is 324 g/mol. The van der Waals surface area contributed by atoms with Gasteiger partial charge in [-0.15, -0.1) is 0 Å². The van der Waals surface area contributed by atoms with Crippen LogP contribution in [-0.4, -0.2) is 27.6 Å². The van der Waals surface area contributed by atoms with Crippen molar-refractivity contribution in [1.82, 2.24) is 0 Å². The van der Waals surface area contributed by atoms with Gasteiger partial charge in [-0.1, -0.05) is 0 Å². The molecule has 0 aliphatic heterocycles. The fourth-order valence-electron chi connectivity index (χ4n) is 1.47. The van der Waals surface area contributed by atoms with Crippen LogP contribution in [0.25, 0.3) is 0 Å². The van der Waals surface area contributed by atoms with E-state index in [9.17, 15) is 0 Å². The van der Waals surface area contributed by atoms with Crippen LogP contribution in [0.3, 0.4) is 0 Å². The van der Waals surface area contributed by atoms with E-state index in [2.05, 4.69) is 63.6 Å². The van der Waals surface area contributed by atoms with Crippen molar-refractivity contribution in [3.05, 3.63) is 16.2 Å². The van der Waals surface area contributed by atoms with Crippen molar-refractivity contribution in [2.24, 2.45) is 11.8 Å². The first kappa shape index (κ1) is 16.6. The maximum atomic E-state index is 2.61. The molecule has 0 aromatic rings. The van der Waals surface area contributed by atoms with E-state index in [-0.39, 0.29) is 0 Å². The third-order valence-electron chi connectivity index (χ3n) is 1.96. The molecule has 0 aromatic heterocycles. The summed E-state index contributed by atoms with van der Waals surface area (Å²) in [6.07, 6.45) is 2.41. The van der Waals surface area contributed by atoms with E-state index in [4.69, 9.17) is 0 Å². The predicted octanol–water partition coefficient (Wildman–Crippen LogP) is 4.97. The van der Waals surface area contributed by atoms with Gasteiger partial charge in [-0.25, -0.2) is 0 Å². The van der Waals surface area contributed by atoms with Crippen molar-refractivity contribution in [2.45, 2.75) is 56.3 Å². The molecule has 0 aromatic carbocycles. The maximum absolute atomic E-state index is 2.61. The van der Waals surface area contributed by atoms with Gasteiger partial charge in [0.2, 0.25) is 0 Å². The molecule has 0 rings (SSSR count). The molecule has 0 nitrogen and oxygen atoms in total. The van der Waals surface area contributed by atoms with Crippen LogP contribution >= 0.6 is 0 Å². The fourth-order valence-corrected chi connectivity index (χ4v) is 9.35. The Balaban J connectivity index is 4.19. The number of rotatable bonds is 7. The summed E-state index contributed by atoms with van der Waals surface area (Å²) in [6.45, 7) is 16.7. The molecule has 0 heterocycles. The molecule has 0 saturated heterocycles. The Kier molecular flexibility index (Phi) is 8.15. The molecule has 2 heteroatoms. The summed E-state index contributed by atoms with van der Waals surface area (Å²) < 4.78 is 5.61. The fraction of sp³-hybridized carbons (Fsp3) is 0.786. The van der Waals surface area contributed by atoms with Gasteiger partial charge in [0, 0.05) is 0 Å². The van der Waals surface area contributed by atoms with Gasteiger partial charge >= 0.3 is 112 Å². The van der Waals surface area contributed by atoms with Gasteiger partial charge in [0.15, 0.2) is 0 Å². The van der Waals surface area contributed by atoms with Gasteiger partial charge in [-0.05, 0) is 0 Å². The van der Waals surface area contributed by atoms with Crippen molar-refractivity contribution in [3.8, 4) is 0 Å². The van der Waals surface area contributed by atoms with Gasteiger partial charge in [0.05, 0.1) is 0 Å². The SMILES string of the molecule is CC(C)C[Te](C=C[CH-][Si](C)(C)C)CC(C)C. The molecule has 0 N–H and O–H groups in total. The van der Waals surface area contributed by atoms with E-state index in [0.717, 1.165) is 11.8 Å². The summed E-state index contributed by atoms with van der Waals surface area (Å²) in [6, 6.07) is 2.49. The third-order valence-corrected chi connectivity index (χ3v) is 11.0. The van der Waals surface area contributed by atoms with E-state index in [1.165, 1.54) is 8.94 Å². The van der Waals surface area contributed by atoms with Gasteiger partial charge < -0.3 is 0 Å². The molecular formula is C14H30SiTe-. The van der Waals surface area contributed by atoms with Gasteiger partial charge in [0.1, 0.15) is 0 Å². The summed E-state index contributed by atoms with van der Waals surface area (Å²) in [4.78, 5) is 0. The third kappa shape index (κ3) is 11.1. The zero-order chi connectivity index (χ0) is 12.8. The summed E-state index contributed by atoms with van der Waals surface area (Å²) in [7, 11) is -0.989. The van der Waals surface area contributed by atoms with Crippen molar-refractivity contribution in [1.29, 1.82) is 0 Å². The number of allylic oxidation sites excluding steroid dienone is 1. The molecule has 16 heavy (non-hydrogen) atoms. The summed E-state index contributed by atoms with van der Waals surface area (Å²) in [5.74, 6) is 1.76. The molecule has 0 bridgehead atoms. The topological polar surface area (TPSA) is 0 Å². The summed E-state index contributed by atoms with van der Waals surface area (Å²) in [5.41, 5.74) is 0. The Bertz CT molecular complexity index is 191. The Hall–Kier alpha value is 0.616. The van der Waals surface area contributed by atoms with Gasteiger partial charge in [-0.2, -0.15) is 0 Å². The molecule has 0 saturated carbocycles. The summed E-state index contributed by atoms with van der Waals surface area (Å²) >= 11 is -0.942. The van der Waals surface area contributed by atoms with Crippen molar-refractivity contribution in [2.75, 3.05) is 0 Å². The molecule has 0 aliphatic rings. The molecule has 0 atom stereocenters. The first-order valence-corrected chi connectivity index (χ1v) is 14.6. The van der Waals surface area contributed by atoms with Crippen LogP contribution in [0.15, 0.2) is 10.2 Å². The molecule has 0 amide bonds. The number of hydrogen-bond donors (Lipinski definition) is 0. The zero-order valence-electron chi connectivity index (χ0n) is 12.2. The Morgan fingerprint density at radius 1 is 1.00 bits per heavy atom. The van der Waals surface area contributed by atoms with Crippen LogP contribution in [0.1, 0.15) is 27.7 Å². The minimum atomic E-state index is -0.989. The predicted molar refractivity (Wildman–Crippen MR) is 81.8 cm³/mol. The van der Waals surface area contributed by atoms with Crippen LogP contribution in [-0.2, 0) is 0 Å². The van der Waals surface area contributed by atoms with E-state index < -0.39 is 27.6 Å². The monoisotopic (exact) mass is 356 g/mol. The second-order valence-corrected chi connectivity index (χ2v) is 17.3. The molecule has 0 fully saturated rings. The standard InChI is InChI=1S/C14H30SiTe/c1-13(2)11-16(12-14(3)4)10-8-9-15(5,6)7/h8-10,13-14H,11-12H2,1-7H3/q-1. The first-order chi connectivity index (χ1) is 7.20. The number of hydrogen-bond acceptors (Lipinski definition) is 0. The van der Waals surface area contributed by atoms with Gasteiger partial charge in [-0.3, -0.25) is 0 Å². The Labute approximate surface area is 112 Å². The minimum absolute atomic E-state index is 0.881. The normalized spacial score (nSPS) is 13.4. The van der Waals surface area contributed by atoms with Crippen molar-refractivity contribution in [3.63, 3.8) is 0 Å². The van der Waals surface area contributed by atoms with E-state index in [1.807, 2.05) is 0 Å². The van der Waals surface area contributed by atoms with Crippen molar-refractivity contribution >= 4 is 27.6 Å². The molecule has 0 aliphatic carbocycles. The van der Waals surface area contributed by atoms with E-state index in [0.29, 0.717) is 0 Å². The second kappa shape index (κ2) is 7.85. The quantitative estimate of drug-likeness (QED) is 0.447. The van der Waals surface area contributed by atoms with E-state index >= 15 is 0 Å². The van der Waals surface area contributed by atoms with Crippen LogP contribution in [0, 0.1) is 17.9 Å².